The number of carbonyl (C=O) groups excluding carboxylic acids is 2. The number of hydrogen-bond donors (Lipinski definition) is 0. The fourth-order valence-corrected chi connectivity index (χ4v) is 1.57. The van der Waals surface area contributed by atoms with Crippen LogP contribution in [0.1, 0.15) is 17.4 Å². The maximum absolute atomic E-state index is 11.9. The first-order valence-corrected chi connectivity index (χ1v) is 5.75. The summed E-state index contributed by atoms with van der Waals surface area (Å²) in [4.78, 5) is 24.5. The standard InChI is InChI=1S/C10H13N3O3S/c1-3-5-13(7-9(14)16-4-2)10(15)8-6-11-17-12-8/h3,6H,1,4-5,7H2,2H3. The minimum Gasteiger partial charge on any atom is -0.465 e. The Balaban J connectivity index is 2.68. The molecule has 0 fully saturated rings. The number of carbonyl (C=O) groups is 2. The van der Waals surface area contributed by atoms with Gasteiger partial charge in [-0.05, 0) is 6.92 Å². The van der Waals surface area contributed by atoms with Crippen LogP contribution >= 0.6 is 11.7 Å². The Morgan fingerprint density at radius 3 is 2.94 bits per heavy atom. The average molecular weight is 255 g/mol. The Kier molecular flexibility index (Phi) is 5.28. The van der Waals surface area contributed by atoms with Gasteiger partial charge in [-0.3, -0.25) is 9.59 Å². The Morgan fingerprint density at radius 1 is 1.65 bits per heavy atom. The van der Waals surface area contributed by atoms with Crippen LogP contribution in [0.3, 0.4) is 0 Å². The van der Waals surface area contributed by atoms with E-state index < -0.39 is 5.97 Å². The largest absolute Gasteiger partial charge is 0.465 e. The first-order valence-electron chi connectivity index (χ1n) is 5.02. The zero-order valence-electron chi connectivity index (χ0n) is 9.46. The summed E-state index contributed by atoms with van der Waals surface area (Å²) in [5, 5.41) is 0. The van der Waals surface area contributed by atoms with Crippen molar-refractivity contribution < 1.29 is 14.3 Å². The molecule has 17 heavy (non-hydrogen) atoms. The van der Waals surface area contributed by atoms with Crippen LogP contribution in [-0.2, 0) is 9.53 Å². The molecule has 0 aromatic carbocycles. The molecule has 0 radical (unpaired) electrons. The van der Waals surface area contributed by atoms with E-state index in [4.69, 9.17) is 4.74 Å². The fourth-order valence-electron chi connectivity index (χ4n) is 1.16. The van der Waals surface area contributed by atoms with Crippen molar-refractivity contribution in [3.05, 3.63) is 24.5 Å². The van der Waals surface area contributed by atoms with E-state index in [1.54, 1.807) is 6.92 Å². The van der Waals surface area contributed by atoms with Crippen molar-refractivity contribution in [2.45, 2.75) is 6.92 Å². The van der Waals surface area contributed by atoms with Gasteiger partial charge in [0.1, 0.15) is 6.54 Å². The zero-order chi connectivity index (χ0) is 12.7. The molecular weight excluding hydrogens is 242 g/mol. The zero-order valence-corrected chi connectivity index (χ0v) is 10.3. The molecule has 0 atom stereocenters. The molecule has 1 amide bonds. The molecule has 0 spiro atoms. The maximum Gasteiger partial charge on any atom is 0.325 e. The van der Waals surface area contributed by atoms with Crippen molar-refractivity contribution in [3.63, 3.8) is 0 Å². The third-order valence-electron chi connectivity index (χ3n) is 1.84. The van der Waals surface area contributed by atoms with Crippen LogP contribution in [0.25, 0.3) is 0 Å². The lowest BCUT2D eigenvalue weighted by molar-refractivity contribution is -0.143. The van der Waals surface area contributed by atoms with Gasteiger partial charge < -0.3 is 9.64 Å². The van der Waals surface area contributed by atoms with Gasteiger partial charge in [0, 0.05) is 6.54 Å². The van der Waals surface area contributed by atoms with Gasteiger partial charge in [0.25, 0.3) is 5.91 Å². The van der Waals surface area contributed by atoms with Gasteiger partial charge in [-0.25, -0.2) is 0 Å². The third kappa shape index (κ3) is 3.95. The van der Waals surface area contributed by atoms with Crippen molar-refractivity contribution in [3.8, 4) is 0 Å². The van der Waals surface area contributed by atoms with Crippen LogP contribution in [0.2, 0.25) is 0 Å². The third-order valence-corrected chi connectivity index (χ3v) is 2.32. The molecule has 1 rings (SSSR count). The Hall–Kier alpha value is -1.76. The van der Waals surface area contributed by atoms with Gasteiger partial charge in [0.15, 0.2) is 5.69 Å². The topological polar surface area (TPSA) is 72.4 Å². The summed E-state index contributed by atoms with van der Waals surface area (Å²) in [6.45, 7) is 5.68. The van der Waals surface area contributed by atoms with Crippen molar-refractivity contribution in [1.29, 1.82) is 0 Å². The lowest BCUT2D eigenvalue weighted by Gasteiger charge is -2.18. The summed E-state index contributed by atoms with van der Waals surface area (Å²) in [6.07, 6.45) is 2.91. The normalized spacial score (nSPS) is 9.71. The second-order valence-corrected chi connectivity index (χ2v) is 3.63. The number of aromatic nitrogens is 2. The van der Waals surface area contributed by atoms with Gasteiger partial charge in [-0.2, -0.15) is 8.75 Å². The van der Waals surface area contributed by atoms with Crippen LogP contribution in [0.4, 0.5) is 0 Å². The van der Waals surface area contributed by atoms with Crippen LogP contribution in [0.5, 0.6) is 0 Å². The summed E-state index contributed by atoms with van der Waals surface area (Å²) in [7, 11) is 0. The number of amides is 1. The SMILES string of the molecule is C=CCN(CC(=O)OCC)C(=O)c1cnsn1. The molecule has 0 saturated heterocycles. The quantitative estimate of drug-likeness (QED) is 0.553. The van der Waals surface area contributed by atoms with Gasteiger partial charge in [-0.15, -0.1) is 6.58 Å². The first kappa shape index (κ1) is 13.3. The Bertz CT molecular complexity index is 392. The Labute approximate surface area is 103 Å². The molecule has 1 heterocycles. The lowest BCUT2D eigenvalue weighted by atomic mass is 10.3. The van der Waals surface area contributed by atoms with Crippen LogP contribution < -0.4 is 0 Å². The van der Waals surface area contributed by atoms with E-state index >= 15 is 0 Å². The highest BCUT2D eigenvalue weighted by Gasteiger charge is 2.20. The van der Waals surface area contributed by atoms with Gasteiger partial charge in [0.2, 0.25) is 0 Å². The smallest absolute Gasteiger partial charge is 0.325 e. The van der Waals surface area contributed by atoms with E-state index in [1.807, 2.05) is 0 Å². The highest BCUT2D eigenvalue weighted by Crippen LogP contribution is 2.03. The van der Waals surface area contributed by atoms with E-state index in [1.165, 1.54) is 17.2 Å². The van der Waals surface area contributed by atoms with Crippen molar-refractivity contribution in [2.24, 2.45) is 0 Å². The molecule has 1 aromatic heterocycles. The predicted molar refractivity (Wildman–Crippen MR) is 62.6 cm³/mol. The Morgan fingerprint density at radius 2 is 2.41 bits per heavy atom. The molecule has 0 aliphatic rings. The van der Waals surface area contributed by atoms with Crippen LogP contribution in [0.15, 0.2) is 18.9 Å². The monoisotopic (exact) mass is 255 g/mol. The molecule has 6 nitrogen and oxygen atoms in total. The summed E-state index contributed by atoms with van der Waals surface area (Å²) in [5.41, 5.74) is 0.223. The van der Waals surface area contributed by atoms with Crippen LogP contribution in [0, 0.1) is 0 Å². The summed E-state index contributed by atoms with van der Waals surface area (Å²) in [6, 6.07) is 0. The fraction of sp³-hybridized carbons (Fsp3) is 0.400. The average Bonchev–Trinajstić information content (AvgIpc) is 2.81. The van der Waals surface area contributed by atoms with E-state index in [0.29, 0.717) is 0 Å². The number of rotatable bonds is 6. The maximum atomic E-state index is 11.9. The molecule has 1 aromatic rings. The molecular formula is C10H13N3O3S. The summed E-state index contributed by atoms with van der Waals surface area (Å²) < 4.78 is 12.4. The summed E-state index contributed by atoms with van der Waals surface area (Å²) >= 11 is 0.943. The summed E-state index contributed by atoms with van der Waals surface area (Å²) in [5.74, 6) is -0.808. The van der Waals surface area contributed by atoms with Gasteiger partial charge in [-0.1, -0.05) is 6.08 Å². The van der Waals surface area contributed by atoms with Crippen molar-refractivity contribution in [2.75, 3.05) is 19.7 Å². The predicted octanol–water partition coefficient (Wildman–Crippen LogP) is 0.729. The lowest BCUT2D eigenvalue weighted by Crippen LogP contribution is -2.36. The van der Waals surface area contributed by atoms with Crippen molar-refractivity contribution >= 4 is 23.6 Å². The minimum absolute atomic E-state index is 0.115. The molecule has 0 unspecified atom stereocenters. The van der Waals surface area contributed by atoms with Gasteiger partial charge >= 0.3 is 5.97 Å². The molecule has 0 saturated carbocycles. The molecule has 0 aliphatic carbocycles. The molecule has 0 bridgehead atoms. The minimum atomic E-state index is -0.453. The molecule has 92 valence electrons. The molecule has 0 N–H and O–H groups in total. The highest BCUT2D eigenvalue weighted by molar-refractivity contribution is 6.99. The number of nitrogens with zero attached hydrogens (tertiary/aromatic N) is 3. The molecule has 7 heteroatoms. The van der Waals surface area contributed by atoms with Crippen molar-refractivity contribution in [1.82, 2.24) is 13.6 Å². The molecule has 0 aliphatic heterocycles. The van der Waals surface area contributed by atoms with E-state index in [9.17, 15) is 9.59 Å². The second-order valence-electron chi connectivity index (χ2n) is 3.07. The first-order chi connectivity index (χ1) is 8.19. The van der Waals surface area contributed by atoms with Crippen LogP contribution in [-0.4, -0.2) is 45.2 Å². The number of ether oxygens (including phenoxy) is 1. The second kappa shape index (κ2) is 6.74. The number of esters is 1. The van der Waals surface area contributed by atoms with Gasteiger partial charge in [0.05, 0.1) is 24.5 Å². The highest BCUT2D eigenvalue weighted by atomic mass is 32.1. The van der Waals surface area contributed by atoms with E-state index in [0.717, 1.165) is 11.7 Å². The van der Waals surface area contributed by atoms with E-state index in [-0.39, 0.29) is 31.3 Å². The van der Waals surface area contributed by atoms with E-state index in [2.05, 4.69) is 15.3 Å². The number of hydrogen-bond acceptors (Lipinski definition) is 6.